The Hall–Kier alpha value is -1.53. The van der Waals surface area contributed by atoms with Crippen LogP contribution in [0.4, 0.5) is 0 Å². The maximum atomic E-state index is 5.34. The van der Waals surface area contributed by atoms with Gasteiger partial charge in [0.2, 0.25) is 0 Å². The number of halogens is 1. The summed E-state index contributed by atoms with van der Waals surface area (Å²) < 4.78 is 13.7. The SMILES string of the molecule is COc1cc(Br)c(CNC(C)Cn2ccnc2)cc1OC. The Morgan fingerprint density at radius 3 is 2.62 bits per heavy atom. The van der Waals surface area contributed by atoms with Crippen molar-refractivity contribution in [3.63, 3.8) is 0 Å². The standard InChI is InChI=1S/C15H20BrN3O2/c1-11(9-19-5-4-17-10-19)18-8-12-6-14(20-2)15(21-3)7-13(12)16/h4-7,10-11,18H,8-9H2,1-3H3. The minimum absolute atomic E-state index is 0.333. The number of methoxy groups -OCH3 is 2. The van der Waals surface area contributed by atoms with Crippen LogP contribution in [0.2, 0.25) is 0 Å². The monoisotopic (exact) mass is 353 g/mol. The summed E-state index contributed by atoms with van der Waals surface area (Å²) in [5.74, 6) is 1.46. The van der Waals surface area contributed by atoms with Gasteiger partial charge in [-0.15, -0.1) is 0 Å². The second-order valence-corrected chi connectivity index (χ2v) is 5.69. The van der Waals surface area contributed by atoms with E-state index < -0.39 is 0 Å². The maximum Gasteiger partial charge on any atom is 0.161 e. The lowest BCUT2D eigenvalue weighted by atomic mass is 10.2. The Bertz CT molecular complexity index is 573. The van der Waals surface area contributed by atoms with Crippen LogP contribution < -0.4 is 14.8 Å². The number of hydrogen-bond donors (Lipinski definition) is 1. The molecule has 1 heterocycles. The normalized spacial score (nSPS) is 12.2. The van der Waals surface area contributed by atoms with E-state index in [2.05, 4.69) is 37.7 Å². The van der Waals surface area contributed by atoms with Crippen molar-refractivity contribution in [3.05, 3.63) is 40.9 Å². The van der Waals surface area contributed by atoms with Gasteiger partial charge >= 0.3 is 0 Å². The molecule has 2 rings (SSSR count). The van der Waals surface area contributed by atoms with Crippen LogP contribution in [-0.4, -0.2) is 29.8 Å². The summed E-state index contributed by atoms with van der Waals surface area (Å²) in [4.78, 5) is 4.05. The van der Waals surface area contributed by atoms with Gasteiger partial charge in [-0.3, -0.25) is 0 Å². The summed E-state index contributed by atoms with van der Waals surface area (Å²) in [7, 11) is 3.28. The van der Waals surface area contributed by atoms with Gasteiger partial charge in [0.25, 0.3) is 0 Å². The average Bonchev–Trinajstić information content (AvgIpc) is 2.98. The number of nitrogens with one attached hydrogen (secondary N) is 1. The highest BCUT2D eigenvalue weighted by molar-refractivity contribution is 9.10. The molecular weight excluding hydrogens is 334 g/mol. The Morgan fingerprint density at radius 2 is 2.00 bits per heavy atom. The highest BCUT2D eigenvalue weighted by Crippen LogP contribution is 2.33. The van der Waals surface area contributed by atoms with Crippen LogP contribution in [-0.2, 0) is 13.1 Å². The molecule has 5 nitrogen and oxygen atoms in total. The molecule has 1 N–H and O–H groups in total. The first-order valence-electron chi connectivity index (χ1n) is 6.73. The lowest BCUT2D eigenvalue weighted by molar-refractivity contribution is 0.354. The molecule has 0 bridgehead atoms. The first-order chi connectivity index (χ1) is 10.1. The highest BCUT2D eigenvalue weighted by Gasteiger charge is 2.10. The molecule has 21 heavy (non-hydrogen) atoms. The van der Waals surface area contributed by atoms with E-state index in [1.54, 1.807) is 20.4 Å². The number of benzene rings is 1. The number of imidazole rings is 1. The third-order valence-corrected chi connectivity index (χ3v) is 3.98. The van der Waals surface area contributed by atoms with Crippen LogP contribution in [0.15, 0.2) is 35.3 Å². The molecule has 2 aromatic rings. The van der Waals surface area contributed by atoms with E-state index in [0.717, 1.165) is 34.6 Å². The fourth-order valence-corrected chi connectivity index (χ4v) is 2.55. The first-order valence-corrected chi connectivity index (χ1v) is 7.53. The van der Waals surface area contributed by atoms with Gasteiger partial charge in [-0.1, -0.05) is 15.9 Å². The zero-order valence-corrected chi connectivity index (χ0v) is 14.1. The molecule has 0 saturated heterocycles. The van der Waals surface area contributed by atoms with Crippen LogP contribution in [0.1, 0.15) is 12.5 Å². The van der Waals surface area contributed by atoms with Gasteiger partial charge in [-0.25, -0.2) is 4.98 Å². The molecule has 0 radical (unpaired) electrons. The van der Waals surface area contributed by atoms with Gasteiger partial charge in [0.05, 0.1) is 20.5 Å². The smallest absolute Gasteiger partial charge is 0.161 e. The number of rotatable bonds is 7. The van der Waals surface area contributed by atoms with Gasteiger partial charge in [-0.2, -0.15) is 0 Å². The number of aromatic nitrogens is 2. The second kappa shape index (κ2) is 7.47. The van der Waals surface area contributed by atoms with Crippen molar-refractivity contribution in [1.29, 1.82) is 0 Å². The van der Waals surface area contributed by atoms with Crippen LogP contribution in [0, 0.1) is 0 Å². The summed E-state index contributed by atoms with van der Waals surface area (Å²) in [5, 5.41) is 3.49. The van der Waals surface area contributed by atoms with Crippen molar-refractivity contribution in [1.82, 2.24) is 14.9 Å². The second-order valence-electron chi connectivity index (χ2n) is 4.84. The van der Waals surface area contributed by atoms with Gasteiger partial charge in [0.15, 0.2) is 11.5 Å². The third kappa shape index (κ3) is 4.22. The quantitative estimate of drug-likeness (QED) is 0.831. The molecule has 0 aliphatic rings. The summed E-state index contributed by atoms with van der Waals surface area (Å²) in [5.41, 5.74) is 1.13. The Labute approximate surface area is 133 Å². The first kappa shape index (κ1) is 15.9. The predicted octanol–water partition coefficient (Wildman–Crippen LogP) is 2.84. The lowest BCUT2D eigenvalue weighted by Gasteiger charge is -2.16. The van der Waals surface area contributed by atoms with Crippen LogP contribution in [0.25, 0.3) is 0 Å². The predicted molar refractivity (Wildman–Crippen MR) is 85.8 cm³/mol. The van der Waals surface area contributed by atoms with E-state index in [0.29, 0.717) is 6.04 Å². The van der Waals surface area contributed by atoms with E-state index in [-0.39, 0.29) is 0 Å². The minimum atomic E-state index is 0.333. The third-order valence-electron chi connectivity index (χ3n) is 3.24. The zero-order chi connectivity index (χ0) is 15.2. The van der Waals surface area contributed by atoms with Gasteiger partial charge in [-0.05, 0) is 24.6 Å². The van der Waals surface area contributed by atoms with E-state index in [9.17, 15) is 0 Å². The molecule has 0 saturated carbocycles. The minimum Gasteiger partial charge on any atom is -0.493 e. The van der Waals surface area contributed by atoms with Crippen molar-refractivity contribution in [2.75, 3.05) is 14.2 Å². The summed E-state index contributed by atoms with van der Waals surface area (Å²) in [6, 6.07) is 4.25. The summed E-state index contributed by atoms with van der Waals surface area (Å²) >= 11 is 3.57. The Kier molecular flexibility index (Phi) is 5.64. The largest absolute Gasteiger partial charge is 0.493 e. The van der Waals surface area contributed by atoms with Crippen LogP contribution in [0.3, 0.4) is 0 Å². The molecule has 1 aromatic heterocycles. The summed E-state index contributed by atoms with van der Waals surface area (Å²) in [6.07, 6.45) is 5.58. The van der Waals surface area contributed by atoms with Crippen molar-refractivity contribution in [2.24, 2.45) is 0 Å². The maximum absolute atomic E-state index is 5.34. The molecule has 114 valence electrons. The topological polar surface area (TPSA) is 48.3 Å². The fourth-order valence-electron chi connectivity index (χ4n) is 2.09. The van der Waals surface area contributed by atoms with Gasteiger partial charge < -0.3 is 19.4 Å². The molecule has 0 spiro atoms. The average molecular weight is 354 g/mol. The van der Waals surface area contributed by atoms with Gasteiger partial charge in [0, 0.05) is 36.0 Å². The molecule has 1 aromatic carbocycles. The van der Waals surface area contributed by atoms with Crippen molar-refractivity contribution >= 4 is 15.9 Å². The Balaban J connectivity index is 1.99. The summed E-state index contributed by atoms with van der Waals surface area (Å²) in [6.45, 7) is 3.77. The molecule has 1 unspecified atom stereocenters. The van der Waals surface area contributed by atoms with E-state index >= 15 is 0 Å². The molecule has 0 aliphatic carbocycles. The van der Waals surface area contributed by atoms with Crippen LogP contribution >= 0.6 is 15.9 Å². The van der Waals surface area contributed by atoms with E-state index in [4.69, 9.17) is 9.47 Å². The number of nitrogens with zero attached hydrogens (tertiary/aromatic N) is 2. The number of ether oxygens (including phenoxy) is 2. The molecule has 0 amide bonds. The molecule has 1 atom stereocenters. The zero-order valence-electron chi connectivity index (χ0n) is 12.5. The van der Waals surface area contributed by atoms with Crippen molar-refractivity contribution in [2.45, 2.75) is 26.1 Å². The Morgan fingerprint density at radius 1 is 1.29 bits per heavy atom. The van der Waals surface area contributed by atoms with Crippen molar-refractivity contribution < 1.29 is 9.47 Å². The highest BCUT2D eigenvalue weighted by atomic mass is 79.9. The van der Waals surface area contributed by atoms with Gasteiger partial charge in [0.1, 0.15) is 0 Å². The molecular formula is C15H20BrN3O2. The fraction of sp³-hybridized carbons (Fsp3) is 0.400. The molecule has 6 heteroatoms. The lowest BCUT2D eigenvalue weighted by Crippen LogP contribution is -2.29. The molecule has 0 aliphatic heterocycles. The number of hydrogen-bond acceptors (Lipinski definition) is 4. The van der Waals surface area contributed by atoms with Crippen LogP contribution in [0.5, 0.6) is 11.5 Å². The molecule has 0 fully saturated rings. The van der Waals surface area contributed by atoms with E-state index in [1.807, 2.05) is 24.7 Å². The van der Waals surface area contributed by atoms with E-state index in [1.165, 1.54) is 0 Å². The van der Waals surface area contributed by atoms with Crippen molar-refractivity contribution in [3.8, 4) is 11.5 Å².